The van der Waals surface area contributed by atoms with E-state index in [1.807, 2.05) is 0 Å². The Morgan fingerprint density at radius 3 is 2.68 bits per heavy atom. The standard InChI is InChI=1S/C13H15F2NO3/c1-8(13(18)19)7-16-11(17)6-5-9-3-2-4-10(14)12(9)15/h2-4,8H,5-7H2,1H3,(H,16,17)(H,18,19)/t8-/m1/s1. The number of hydrogen-bond acceptors (Lipinski definition) is 2. The monoisotopic (exact) mass is 271 g/mol. The van der Waals surface area contributed by atoms with Crippen molar-refractivity contribution in [2.24, 2.45) is 5.92 Å². The number of hydrogen-bond donors (Lipinski definition) is 2. The van der Waals surface area contributed by atoms with Gasteiger partial charge in [0.25, 0.3) is 0 Å². The van der Waals surface area contributed by atoms with E-state index in [4.69, 9.17) is 5.11 Å². The van der Waals surface area contributed by atoms with Crippen molar-refractivity contribution < 1.29 is 23.5 Å². The number of carboxylic acids is 1. The van der Waals surface area contributed by atoms with Crippen LogP contribution in [0, 0.1) is 17.6 Å². The van der Waals surface area contributed by atoms with E-state index >= 15 is 0 Å². The predicted molar refractivity (Wildman–Crippen MR) is 64.5 cm³/mol. The molecule has 0 aliphatic rings. The second-order valence-corrected chi connectivity index (χ2v) is 4.26. The highest BCUT2D eigenvalue weighted by atomic mass is 19.2. The van der Waals surface area contributed by atoms with Gasteiger partial charge in [-0.1, -0.05) is 19.1 Å². The van der Waals surface area contributed by atoms with Gasteiger partial charge in [0.05, 0.1) is 5.92 Å². The van der Waals surface area contributed by atoms with Crippen LogP contribution in [0.15, 0.2) is 18.2 Å². The number of nitrogens with one attached hydrogen (secondary N) is 1. The number of benzene rings is 1. The average molecular weight is 271 g/mol. The Kier molecular flexibility index (Phi) is 5.41. The van der Waals surface area contributed by atoms with E-state index in [-0.39, 0.29) is 24.9 Å². The summed E-state index contributed by atoms with van der Waals surface area (Å²) in [5, 5.41) is 11.1. The van der Waals surface area contributed by atoms with Crippen LogP contribution in [0.1, 0.15) is 18.9 Å². The maximum Gasteiger partial charge on any atom is 0.308 e. The minimum atomic E-state index is -1.00. The topological polar surface area (TPSA) is 66.4 Å². The zero-order valence-corrected chi connectivity index (χ0v) is 10.5. The maximum absolute atomic E-state index is 13.3. The lowest BCUT2D eigenvalue weighted by molar-refractivity contribution is -0.141. The molecule has 1 rings (SSSR count). The summed E-state index contributed by atoms with van der Waals surface area (Å²) in [5.74, 6) is -3.98. The molecular weight excluding hydrogens is 256 g/mol. The normalized spacial score (nSPS) is 11.9. The molecule has 2 N–H and O–H groups in total. The number of carbonyl (C=O) groups is 2. The molecule has 4 nitrogen and oxygen atoms in total. The van der Waals surface area contributed by atoms with Gasteiger partial charge in [0, 0.05) is 13.0 Å². The van der Waals surface area contributed by atoms with E-state index < -0.39 is 29.4 Å². The Labute approximate surface area is 109 Å². The van der Waals surface area contributed by atoms with Crippen molar-refractivity contribution in [2.75, 3.05) is 6.54 Å². The molecule has 0 bridgehead atoms. The van der Waals surface area contributed by atoms with Crippen LogP contribution in [-0.2, 0) is 16.0 Å². The van der Waals surface area contributed by atoms with E-state index in [0.29, 0.717) is 0 Å². The second kappa shape index (κ2) is 6.82. The van der Waals surface area contributed by atoms with Crippen LogP contribution in [0.3, 0.4) is 0 Å². The Bertz CT molecular complexity index is 477. The lowest BCUT2D eigenvalue weighted by Crippen LogP contribution is -2.31. The maximum atomic E-state index is 13.3. The third kappa shape index (κ3) is 4.65. The summed E-state index contributed by atoms with van der Waals surface area (Å²) in [6.45, 7) is 1.48. The molecule has 1 aromatic rings. The van der Waals surface area contributed by atoms with Crippen LogP contribution in [-0.4, -0.2) is 23.5 Å². The molecular formula is C13H15F2NO3. The van der Waals surface area contributed by atoms with E-state index in [0.717, 1.165) is 6.07 Å². The van der Waals surface area contributed by atoms with Gasteiger partial charge in [0.1, 0.15) is 0 Å². The molecule has 0 aromatic heterocycles. The average Bonchev–Trinajstić information content (AvgIpc) is 2.37. The first kappa shape index (κ1) is 15.1. The van der Waals surface area contributed by atoms with Gasteiger partial charge in [-0.05, 0) is 18.1 Å². The molecule has 0 saturated carbocycles. The largest absolute Gasteiger partial charge is 0.481 e. The van der Waals surface area contributed by atoms with Crippen LogP contribution < -0.4 is 5.32 Å². The Hall–Kier alpha value is -1.98. The fourth-order valence-electron chi connectivity index (χ4n) is 1.43. The van der Waals surface area contributed by atoms with Crippen molar-refractivity contribution >= 4 is 11.9 Å². The summed E-state index contributed by atoms with van der Waals surface area (Å²) in [6.07, 6.45) is 0.0452. The molecule has 0 aliphatic carbocycles. The highest BCUT2D eigenvalue weighted by molar-refractivity contribution is 5.77. The first-order valence-electron chi connectivity index (χ1n) is 5.84. The van der Waals surface area contributed by atoms with Gasteiger partial charge in [-0.15, -0.1) is 0 Å². The molecule has 1 amide bonds. The fraction of sp³-hybridized carbons (Fsp3) is 0.385. The molecule has 0 radical (unpaired) electrons. The summed E-state index contributed by atoms with van der Waals surface area (Å²) in [6, 6.07) is 3.79. The number of halogens is 2. The van der Waals surface area contributed by atoms with E-state index in [2.05, 4.69) is 5.32 Å². The van der Waals surface area contributed by atoms with Gasteiger partial charge in [-0.3, -0.25) is 9.59 Å². The molecule has 19 heavy (non-hydrogen) atoms. The number of rotatable bonds is 6. The van der Waals surface area contributed by atoms with Crippen molar-refractivity contribution in [2.45, 2.75) is 19.8 Å². The zero-order valence-electron chi connectivity index (χ0n) is 10.5. The summed E-state index contributed by atoms with van der Waals surface area (Å²) in [7, 11) is 0. The zero-order chi connectivity index (χ0) is 14.4. The first-order valence-corrected chi connectivity index (χ1v) is 5.84. The third-order valence-electron chi connectivity index (χ3n) is 2.68. The fourth-order valence-corrected chi connectivity index (χ4v) is 1.43. The molecule has 104 valence electrons. The van der Waals surface area contributed by atoms with Crippen molar-refractivity contribution in [1.29, 1.82) is 0 Å². The van der Waals surface area contributed by atoms with Gasteiger partial charge >= 0.3 is 5.97 Å². The summed E-state index contributed by atoms with van der Waals surface area (Å²) in [4.78, 5) is 22.0. The number of aliphatic carboxylic acids is 1. The first-order chi connectivity index (χ1) is 8.91. The van der Waals surface area contributed by atoms with Crippen LogP contribution in [0.2, 0.25) is 0 Å². The lowest BCUT2D eigenvalue weighted by atomic mass is 10.1. The molecule has 0 fully saturated rings. The van der Waals surface area contributed by atoms with Gasteiger partial charge in [0.2, 0.25) is 5.91 Å². The molecule has 0 unspecified atom stereocenters. The van der Waals surface area contributed by atoms with E-state index in [9.17, 15) is 18.4 Å². The number of carboxylic acid groups (broad SMARTS) is 1. The number of aryl methyl sites for hydroxylation is 1. The van der Waals surface area contributed by atoms with Crippen LogP contribution in [0.25, 0.3) is 0 Å². The summed E-state index contributed by atoms with van der Waals surface area (Å²) in [5.41, 5.74) is 0.126. The highest BCUT2D eigenvalue weighted by Gasteiger charge is 2.13. The van der Waals surface area contributed by atoms with Crippen LogP contribution in [0.5, 0.6) is 0 Å². The van der Waals surface area contributed by atoms with Crippen molar-refractivity contribution in [1.82, 2.24) is 5.32 Å². The van der Waals surface area contributed by atoms with Crippen LogP contribution in [0.4, 0.5) is 8.78 Å². The van der Waals surface area contributed by atoms with E-state index in [1.165, 1.54) is 19.1 Å². The van der Waals surface area contributed by atoms with Crippen molar-refractivity contribution in [3.05, 3.63) is 35.4 Å². The van der Waals surface area contributed by atoms with Gasteiger partial charge < -0.3 is 10.4 Å². The molecule has 6 heteroatoms. The Balaban J connectivity index is 2.42. The third-order valence-corrected chi connectivity index (χ3v) is 2.68. The molecule has 0 aliphatic heterocycles. The predicted octanol–water partition coefficient (Wildman–Crippen LogP) is 1.73. The van der Waals surface area contributed by atoms with Gasteiger partial charge in [0.15, 0.2) is 11.6 Å². The number of amides is 1. The minimum Gasteiger partial charge on any atom is -0.481 e. The van der Waals surface area contributed by atoms with Gasteiger partial charge in [-0.25, -0.2) is 8.78 Å². The number of carbonyl (C=O) groups excluding carboxylic acids is 1. The molecule has 0 saturated heterocycles. The lowest BCUT2D eigenvalue weighted by Gasteiger charge is -2.08. The molecule has 1 aromatic carbocycles. The molecule has 1 atom stereocenters. The Morgan fingerprint density at radius 2 is 2.05 bits per heavy atom. The van der Waals surface area contributed by atoms with Crippen LogP contribution >= 0.6 is 0 Å². The molecule has 0 heterocycles. The summed E-state index contributed by atoms with van der Waals surface area (Å²) < 4.78 is 26.2. The summed E-state index contributed by atoms with van der Waals surface area (Å²) >= 11 is 0. The quantitative estimate of drug-likeness (QED) is 0.828. The van der Waals surface area contributed by atoms with E-state index in [1.54, 1.807) is 0 Å². The smallest absolute Gasteiger partial charge is 0.308 e. The highest BCUT2D eigenvalue weighted by Crippen LogP contribution is 2.13. The second-order valence-electron chi connectivity index (χ2n) is 4.26. The van der Waals surface area contributed by atoms with Gasteiger partial charge in [-0.2, -0.15) is 0 Å². The Morgan fingerprint density at radius 1 is 1.37 bits per heavy atom. The molecule has 0 spiro atoms. The SMILES string of the molecule is C[C@H](CNC(=O)CCc1cccc(F)c1F)C(=O)O. The van der Waals surface area contributed by atoms with Crippen molar-refractivity contribution in [3.8, 4) is 0 Å². The minimum absolute atomic E-state index is 0.0137. The van der Waals surface area contributed by atoms with Crippen molar-refractivity contribution in [3.63, 3.8) is 0 Å².